The van der Waals surface area contributed by atoms with Gasteiger partial charge >= 0.3 is 0 Å². The third-order valence-corrected chi connectivity index (χ3v) is 5.35. The first-order valence-electron chi connectivity index (χ1n) is 8.31. The lowest BCUT2D eigenvalue weighted by atomic mass is 9.73. The zero-order valence-electron chi connectivity index (χ0n) is 13.0. The number of nitrogens with one attached hydrogen (secondary N) is 1. The first-order chi connectivity index (χ1) is 9.59. The third-order valence-electron chi connectivity index (χ3n) is 5.35. The summed E-state index contributed by atoms with van der Waals surface area (Å²) in [6, 6.07) is 2.62. The van der Waals surface area contributed by atoms with Gasteiger partial charge < -0.3 is 5.32 Å². The van der Waals surface area contributed by atoms with E-state index in [4.69, 9.17) is 0 Å². The summed E-state index contributed by atoms with van der Waals surface area (Å²) in [5, 5.41) is 12.8. The number of rotatable bonds is 3. The Kier molecular flexibility index (Phi) is 5.07. The molecule has 0 saturated heterocycles. The Bertz CT molecular complexity index is 377. The van der Waals surface area contributed by atoms with Crippen molar-refractivity contribution < 1.29 is 4.79 Å². The number of carbonyl (C=O) groups is 1. The van der Waals surface area contributed by atoms with Crippen molar-refractivity contribution in [3.05, 3.63) is 0 Å². The molecule has 0 radical (unpaired) electrons. The minimum absolute atomic E-state index is 0.0113. The maximum Gasteiger partial charge on any atom is 0.240 e. The SMILES string of the molecule is CC(C)C1CCCCC1NC(=O)C1(C#N)CCCCC1. The molecule has 0 aromatic heterocycles. The van der Waals surface area contributed by atoms with Crippen molar-refractivity contribution >= 4 is 5.91 Å². The monoisotopic (exact) mass is 276 g/mol. The molecule has 0 aliphatic heterocycles. The molecule has 2 rings (SSSR count). The van der Waals surface area contributed by atoms with Crippen LogP contribution in [0.4, 0.5) is 0 Å². The molecule has 2 atom stereocenters. The van der Waals surface area contributed by atoms with Crippen LogP contribution in [0.2, 0.25) is 0 Å². The van der Waals surface area contributed by atoms with Crippen molar-refractivity contribution in [1.29, 1.82) is 5.26 Å². The van der Waals surface area contributed by atoms with E-state index in [9.17, 15) is 10.1 Å². The topological polar surface area (TPSA) is 52.9 Å². The van der Waals surface area contributed by atoms with Crippen molar-refractivity contribution in [2.45, 2.75) is 77.7 Å². The van der Waals surface area contributed by atoms with Crippen LogP contribution in [-0.4, -0.2) is 11.9 Å². The van der Waals surface area contributed by atoms with Gasteiger partial charge in [0.15, 0.2) is 0 Å². The van der Waals surface area contributed by atoms with Gasteiger partial charge in [-0.05, 0) is 37.5 Å². The molecule has 0 aromatic rings. The van der Waals surface area contributed by atoms with Gasteiger partial charge in [0, 0.05) is 6.04 Å². The third kappa shape index (κ3) is 3.16. The van der Waals surface area contributed by atoms with E-state index in [1.165, 1.54) is 19.3 Å². The van der Waals surface area contributed by atoms with E-state index in [2.05, 4.69) is 25.2 Å². The fourth-order valence-electron chi connectivity index (χ4n) is 3.99. The Morgan fingerprint density at radius 1 is 1.15 bits per heavy atom. The molecule has 2 aliphatic carbocycles. The highest BCUT2D eigenvalue weighted by molar-refractivity contribution is 5.85. The molecule has 1 N–H and O–H groups in total. The molecule has 0 spiro atoms. The number of nitriles is 1. The molecular weight excluding hydrogens is 248 g/mol. The molecule has 20 heavy (non-hydrogen) atoms. The van der Waals surface area contributed by atoms with E-state index in [0.717, 1.165) is 38.5 Å². The van der Waals surface area contributed by atoms with Gasteiger partial charge in [0.2, 0.25) is 5.91 Å². The Labute approximate surface area is 123 Å². The highest BCUT2D eigenvalue weighted by Crippen LogP contribution is 2.37. The quantitative estimate of drug-likeness (QED) is 0.852. The molecule has 1 amide bonds. The molecule has 0 bridgehead atoms. The number of carbonyl (C=O) groups excluding carboxylic acids is 1. The van der Waals surface area contributed by atoms with Crippen molar-refractivity contribution in [2.24, 2.45) is 17.3 Å². The predicted molar refractivity (Wildman–Crippen MR) is 79.9 cm³/mol. The summed E-state index contributed by atoms with van der Waals surface area (Å²) in [6.45, 7) is 4.49. The van der Waals surface area contributed by atoms with E-state index in [1.807, 2.05) is 0 Å². The Morgan fingerprint density at radius 2 is 1.80 bits per heavy atom. The van der Waals surface area contributed by atoms with Gasteiger partial charge in [-0.15, -0.1) is 0 Å². The van der Waals surface area contributed by atoms with Gasteiger partial charge in [-0.3, -0.25) is 4.79 Å². The van der Waals surface area contributed by atoms with E-state index in [0.29, 0.717) is 11.8 Å². The van der Waals surface area contributed by atoms with Gasteiger partial charge in [0.25, 0.3) is 0 Å². The average molecular weight is 276 g/mol. The fraction of sp³-hybridized carbons (Fsp3) is 0.882. The lowest BCUT2D eigenvalue weighted by Gasteiger charge is -2.38. The van der Waals surface area contributed by atoms with E-state index in [-0.39, 0.29) is 11.9 Å². The first-order valence-corrected chi connectivity index (χ1v) is 8.31. The molecule has 3 heteroatoms. The summed E-state index contributed by atoms with van der Waals surface area (Å²) in [5.74, 6) is 1.19. The van der Waals surface area contributed by atoms with Gasteiger partial charge in [-0.1, -0.05) is 46.0 Å². The van der Waals surface area contributed by atoms with Crippen molar-refractivity contribution in [3.8, 4) is 6.07 Å². The second-order valence-corrected chi connectivity index (χ2v) is 7.03. The van der Waals surface area contributed by atoms with Crippen LogP contribution in [0.3, 0.4) is 0 Å². The standard InChI is InChI=1S/C17H28N2O/c1-13(2)14-8-4-5-9-15(14)19-16(20)17(12-18)10-6-3-7-11-17/h13-15H,3-11H2,1-2H3,(H,19,20). The highest BCUT2D eigenvalue weighted by atomic mass is 16.2. The van der Waals surface area contributed by atoms with Crippen LogP contribution in [0.1, 0.15) is 71.6 Å². The lowest BCUT2D eigenvalue weighted by molar-refractivity contribution is -0.131. The Morgan fingerprint density at radius 3 is 2.40 bits per heavy atom. The summed E-state index contributed by atoms with van der Waals surface area (Å²) in [4.78, 5) is 12.7. The van der Waals surface area contributed by atoms with Crippen LogP contribution in [-0.2, 0) is 4.79 Å². The molecule has 112 valence electrons. The second kappa shape index (κ2) is 6.61. The van der Waals surface area contributed by atoms with Gasteiger partial charge in [-0.2, -0.15) is 5.26 Å². The first kappa shape index (κ1) is 15.4. The summed E-state index contributed by atoms with van der Waals surface area (Å²) >= 11 is 0. The summed E-state index contributed by atoms with van der Waals surface area (Å²) in [6.07, 6.45) is 9.45. The van der Waals surface area contributed by atoms with E-state index in [1.54, 1.807) is 0 Å². The lowest BCUT2D eigenvalue weighted by Crippen LogP contribution is -2.50. The van der Waals surface area contributed by atoms with Gasteiger partial charge in [0.05, 0.1) is 6.07 Å². The molecule has 0 heterocycles. The van der Waals surface area contributed by atoms with E-state index < -0.39 is 5.41 Å². The molecule has 2 saturated carbocycles. The molecular formula is C17H28N2O. The Hall–Kier alpha value is -1.04. The van der Waals surface area contributed by atoms with Gasteiger partial charge in [0.1, 0.15) is 5.41 Å². The number of hydrogen-bond donors (Lipinski definition) is 1. The van der Waals surface area contributed by atoms with Gasteiger partial charge in [-0.25, -0.2) is 0 Å². The second-order valence-electron chi connectivity index (χ2n) is 7.03. The van der Waals surface area contributed by atoms with E-state index >= 15 is 0 Å². The zero-order valence-corrected chi connectivity index (χ0v) is 13.0. The number of nitrogens with zero attached hydrogens (tertiary/aromatic N) is 1. The molecule has 0 aromatic carbocycles. The minimum atomic E-state index is -0.739. The van der Waals surface area contributed by atoms with Crippen LogP contribution < -0.4 is 5.32 Å². The van der Waals surface area contributed by atoms with Crippen LogP contribution >= 0.6 is 0 Å². The number of amides is 1. The Balaban J connectivity index is 2.03. The van der Waals surface area contributed by atoms with Crippen LogP contribution in [0, 0.1) is 28.6 Å². The highest BCUT2D eigenvalue weighted by Gasteiger charge is 2.41. The normalized spacial score (nSPS) is 29.7. The largest absolute Gasteiger partial charge is 0.352 e. The van der Waals surface area contributed by atoms with Crippen LogP contribution in [0.5, 0.6) is 0 Å². The minimum Gasteiger partial charge on any atom is -0.352 e. The number of hydrogen-bond acceptors (Lipinski definition) is 2. The average Bonchev–Trinajstić information content (AvgIpc) is 2.48. The maximum atomic E-state index is 12.7. The summed E-state index contributed by atoms with van der Waals surface area (Å²) in [5.41, 5.74) is -0.739. The fourth-order valence-corrected chi connectivity index (χ4v) is 3.99. The predicted octanol–water partition coefficient (Wildman–Crippen LogP) is 3.79. The van der Waals surface area contributed by atoms with Crippen molar-refractivity contribution in [3.63, 3.8) is 0 Å². The van der Waals surface area contributed by atoms with Crippen molar-refractivity contribution in [2.75, 3.05) is 0 Å². The molecule has 2 fully saturated rings. The van der Waals surface area contributed by atoms with Crippen LogP contribution in [0.25, 0.3) is 0 Å². The smallest absolute Gasteiger partial charge is 0.240 e. The summed E-state index contributed by atoms with van der Waals surface area (Å²) in [7, 11) is 0. The zero-order chi connectivity index (χ0) is 14.6. The van der Waals surface area contributed by atoms with Crippen LogP contribution in [0.15, 0.2) is 0 Å². The molecule has 2 unspecified atom stereocenters. The van der Waals surface area contributed by atoms with Crippen molar-refractivity contribution in [1.82, 2.24) is 5.32 Å². The summed E-state index contributed by atoms with van der Waals surface area (Å²) < 4.78 is 0. The molecule has 2 aliphatic rings. The maximum absolute atomic E-state index is 12.7. The molecule has 3 nitrogen and oxygen atoms in total.